The van der Waals surface area contributed by atoms with Gasteiger partial charge in [0.15, 0.2) is 37.7 Å². The molecule has 0 bridgehead atoms. The predicted octanol–water partition coefficient (Wildman–Crippen LogP) is -16.2. The lowest BCUT2D eigenvalue weighted by atomic mass is 9.99. The van der Waals surface area contributed by atoms with Crippen molar-refractivity contribution in [1.29, 1.82) is 0 Å². The van der Waals surface area contributed by atoms with Gasteiger partial charge >= 0.3 is 5.97 Å². The minimum atomic E-state index is -1.82. The van der Waals surface area contributed by atoms with E-state index in [1.54, 1.807) is 0 Å². The van der Waals surface area contributed by atoms with Gasteiger partial charge in [0.05, 0.1) is 79.3 Å². The van der Waals surface area contributed by atoms with Gasteiger partial charge in [-0.2, -0.15) is 0 Å². The van der Waals surface area contributed by atoms with E-state index >= 15 is 0 Å². The largest absolute Gasteiger partial charge is 0.394 e. The van der Waals surface area contributed by atoms with Crippen molar-refractivity contribution in [1.82, 2.24) is 41.0 Å². The highest BCUT2D eigenvalue weighted by molar-refractivity contribution is 6.02. The van der Waals surface area contributed by atoms with Crippen LogP contribution in [0.3, 0.4) is 0 Å². The number of hydroxylamine groups is 2. The highest BCUT2D eigenvalue weighted by Crippen LogP contribution is 2.30. The molecule has 0 aromatic rings. The minimum absolute atomic E-state index is 0.0158. The maximum atomic E-state index is 14.6. The first-order valence-corrected chi connectivity index (χ1v) is 45.4. The first-order chi connectivity index (χ1) is 64.8. The summed E-state index contributed by atoms with van der Waals surface area (Å²) >= 11 is 0. The van der Waals surface area contributed by atoms with Crippen molar-refractivity contribution in [2.75, 3.05) is 132 Å². The highest BCUT2D eigenvalue weighted by Gasteiger charge is 2.51. The second-order valence-corrected chi connectivity index (χ2v) is 33.7. The average molecular weight is 1980 g/mol. The smallest absolute Gasteiger partial charge is 0.355 e. The van der Waals surface area contributed by atoms with E-state index in [-0.39, 0.29) is 206 Å². The minimum Gasteiger partial charge on any atom is -0.394 e. The topological polar surface area (TPSA) is 837 Å². The summed E-state index contributed by atoms with van der Waals surface area (Å²) in [6, 6.07) is -3.22. The van der Waals surface area contributed by atoms with Crippen LogP contribution in [0.25, 0.3) is 0 Å². The van der Waals surface area contributed by atoms with Crippen LogP contribution in [0.15, 0.2) is 0 Å². The van der Waals surface area contributed by atoms with Crippen LogP contribution in [0.2, 0.25) is 0 Å². The Morgan fingerprint density at radius 1 is 0.301 bits per heavy atom. The zero-order valence-electron chi connectivity index (χ0n) is 75.0. The van der Waals surface area contributed by atoms with Gasteiger partial charge < -0.3 is 220 Å². The van der Waals surface area contributed by atoms with Crippen molar-refractivity contribution in [3.8, 4) is 0 Å². The third kappa shape index (κ3) is 34.7. The van der Waals surface area contributed by atoms with Crippen LogP contribution >= 0.6 is 0 Å². The number of aliphatic hydroxyl groups excluding tert-OH is 24. The van der Waals surface area contributed by atoms with E-state index in [0.29, 0.717) is 0 Å². The maximum Gasteiger partial charge on any atom is 0.355 e. The van der Waals surface area contributed by atoms with E-state index in [1.165, 1.54) is 14.7 Å². The zero-order chi connectivity index (χ0) is 100. The quantitative estimate of drug-likeness (QED) is 0.0199. The first kappa shape index (κ1) is 116. The third-order valence-corrected chi connectivity index (χ3v) is 23.8. The number of unbranched alkanes of at least 4 members (excludes halogenated alkanes) is 4. The fraction of sp³-hybridized carbons (Fsp3) is 0.877. The van der Waals surface area contributed by atoms with Crippen molar-refractivity contribution >= 4 is 59.1 Å². The van der Waals surface area contributed by atoms with Gasteiger partial charge in [-0.1, -0.05) is 0 Å². The number of hydrogen-bond donors (Lipinski definition) is 28. The number of nitrogens with zero attached hydrogens (tertiary/aromatic N) is 4. The summed E-state index contributed by atoms with van der Waals surface area (Å²) in [4.78, 5) is 145. The lowest BCUT2D eigenvalue weighted by molar-refractivity contribution is -0.303. The van der Waals surface area contributed by atoms with Crippen molar-refractivity contribution < 1.29 is 232 Å². The predicted molar refractivity (Wildman–Crippen MR) is 444 cm³/mol. The molecule has 7 aliphatic heterocycles. The molecular weight excluding hydrogens is 1840 g/mol. The molecule has 7 saturated heterocycles. The van der Waals surface area contributed by atoms with Gasteiger partial charge in [0.1, 0.15) is 159 Å². The van der Waals surface area contributed by atoms with E-state index in [0.717, 1.165) is 0 Å². The van der Waals surface area contributed by atoms with Gasteiger partial charge in [0.25, 0.3) is 11.8 Å². The van der Waals surface area contributed by atoms with Gasteiger partial charge in [0.2, 0.25) is 41.4 Å². The number of nitrogens with one attached hydrogen (secondary N) is 4. The second kappa shape index (κ2) is 59.4. The molecule has 7 heterocycles. The van der Waals surface area contributed by atoms with Crippen LogP contribution in [-0.2, 0) is 110 Å². The molecule has 0 saturated carbocycles. The number of ether oxygens (including phenoxy) is 12. The van der Waals surface area contributed by atoms with E-state index < -0.39 is 308 Å². The Morgan fingerprint density at radius 3 is 0.809 bits per heavy atom. The summed E-state index contributed by atoms with van der Waals surface area (Å²) in [6.45, 7) is -8.74. The van der Waals surface area contributed by atoms with Crippen LogP contribution in [0, 0.1) is 0 Å². The average Bonchev–Trinajstić information content (AvgIpc) is 1.24. The fourth-order valence-corrected chi connectivity index (χ4v) is 15.4. The number of carbonyl (C=O) groups is 10. The summed E-state index contributed by atoms with van der Waals surface area (Å²) in [5, 5.41) is 255. The second-order valence-electron chi connectivity index (χ2n) is 33.7. The molecule has 0 spiro atoms. The van der Waals surface area contributed by atoms with Crippen LogP contribution < -0.4 is 21.3 Å². The number of amides is 9. The molecule has 32 atom stereocenters. The molecular formula is C81H138N8O47. The molecule has 0 unspecified atom stereocenters. The lowest BCUT2D eigenvalue weighted by Gasteiger charge is -2.40. The maximum absolute atomic E-state index is 14.6. The van der Waals surface area contributed by atoms with E-state index in [2.05, 4.69) is 21.3 Å². The first-order valence-electron chi connectivity index (χ1n) is 45.4. The number of hydrogen-bond acceptors (Lipinski definition) is 47. The Labute approximate surface area is 779 Å². The van der Waals surface area contributed by atoms with E-state index in [1.807, 2.05) is 0 Å². The normalized spacial score (nSPS) is 33.0. The Hall–Kier alpha value is -6.54. The van der Waals surface area contributed by atoms with Crippen molar-refractivity contribution in [3.63, 3.8) is 0 Å². The standard InChI is InChI=1S/C81H138N8O47/c90-34-42-56(104)62(110)68(116)76(130-42)124-28-22-86(23-29-125-77-69(117)63(111)57(105)43(35-91)131-77)51(99)15-4-1-12-48(96)82-20-8-7-10-41(75(123)136-89-54(102)18-19-55(89)103)85-74(122)40(84-50(98)14-3-6-17-53(101)88(26-32-128-80-72(120)66(114)60(108)46(38-94)134-80)27-33-129-81-73(121)67(115)61(109)47(39-95)135-81)11-9-21-83-49(97)13-2-5-16-52(100)87(24-30-126-78-70(118)64(112)58(106)44(36-92)132-78)25-31-127-79-71(119)65(113)59(107)45(37-93)133-79/h40-47,56-73,76-81,90-95,104-121H,1-39H2,(H,82,96)(H,83,97)(H,84,98)(H,85,122)/t40-,41-,42+,43+,44+,45+,46+,47+,56+,57+,58+,59+,60+,61+,62-,63-,64-,65-,66-,67-,68-,69-,70-,71-,72-,73-,76-,77-,78-,79-,80-,81-/m0/s1. The molecule has 55 nitrogen and oxygen atoms in total. The van der Waals surface area contributed by atoms with Crippen molar-refractivity contribution in [2.24, 2.45) is 0 Å². The molecule has 784 valence electrons. The van der Waals surface area contributed by atoms with E-state index in [9.17, 15) is 171 Å². The Morgan fingerprint density at radius 2 is 0.544 bits per heavy atom. The monoisotopic (exact) mass is 1970 g/mol. The summed E-state index contributed by atoms with van der Waals surface area (Å²) in [7, 11) is 0. The van der Waals surface area contributed by atoms with Crippen LogP contribution in [0.4, 0.5) is 0 Å². The summed E-state index contributed by atoms with van der Waals surface area (Å²) in [5.41, 5.74) is 0. The SMILES string of the molecule is O=C(CCCCC(=O)N(CCO[C@H]1O[C@H](CO)[C@@H](O)[C@H](O)[C@@H]1O)CCO[C@H]1O[C@H](CO)[C@@H](O)[C@H](O)[C@@H]1O)NCCCC[C@H](NC(=O)[C@H](CCCNC(=O)CCCCC(=O)N(CCO[C@H]1O[C@H](CO)[C@@H](O)[C@H](O)[C@@H]1O)CCO[C@H]1O[C@H](CO)[C@@H](O)[C@H](O)[C@@H]1O)NC(=O)CCCCC(=O)N(CCO[C@H]1O[C@H](CO)[C@@H](O)[C@H](O)[C@@H]1O)CCO[C@H]1O[C@H](CO)[C@@H](O)[C@H](O)[C@@H]1O)C(=O)ON1C(=O)CCC1=O. The van der Waals surface area contributed by atoms with Crippen molar-refractivity contribution in [2.45, 2.75) is 318 Å². The number of aliphatic hydroxyl groups is 24. The molecule has 28 N–H and O–H groups in total. The molecule has 0 radical (unpaired) electrons. The molecule has 7 rings (SSSR count). The van der Waals surface area contributed by atoms with Gasteiger partial charge in [-0.25, -0.2) is 4.79 Å². The van der Waals surface area contributed by atoms with Gasteiger partial charge in [-0.15, -0.1) is 5.06 Å². The Kier molecular flexibility index (Phi) is 50.8. The van der Waals surface area contributed by atoms with E-state index in [4.69, 9.17) is 61.7 Å². The van der Waals surface area contributed by atoms with Crippen LogP contribution in [0.5, 0.6) is 0 Å². The molecule has 55 heteroatoms. The van der Waals surface area contributed by atoms with Crippen LogP contribution in [0.1, 0.15) is 122 Å². The third-order valence-electron chi connectivity index (χ3n) is 23.8. The number of imide groups is 1. The van der Waals surface area contributed by atoms with Gasteiger partial charge in [-0.3, -0.25) is 43.2 Å². The van der Waals surface area contributed by atoms with Gasteiger partial charge in [0, 0.05) is 104 Å². The molecule has 0 aliphatic carbocycles. The van der Waals surface area contributed by atoms with Crippen LogP contribution in [-0.4, -0.2) is 529 Å². The number of rotatable bonds is 59. The summed E-state index contributed by atoms with van der Waals surface area (Å²) in [5.74, 6) is -7.63. The lowest BCUT2D eigenvalue weighted by Crippen LogP contribution is -2.59. The Balaban J connectivity index is 0.976. The Bertz CT molecular complexity index is 3470. The molecule has 0 aromatic heterocycles. The summed E-state index contributed by atoms with van der Waals surface area (Å²) < 4.78 is 66.0. The molecule has 136 heavy (non-hydrogen) atoms. The zero-order valence-corrected chi connectivity index (χ0v) is 75.0. The molecule has 7 aliphatic rings. The highest BCUT2D eigenvalue weighted by atomic mass is 16.8. The van der Waals surface area contributed by atoms with Gasteiger partial charge in [-0.05, 0) is 70.6 Å². The molecule has 9 amide bonds. The number of carbonyl (C=O) groups excluding carboxylic acids is 10. The molecule has 7 fully saturated rings. The fourth-order valence-electron chi connectivity index (χ4n) is 15.4. The summed E-state index contributed by atoms with van der Waals surface area (Å²) in [6.07, 6.45) is -51.5. The molecule has 0 aromatic carbocycles. The van der Waals surface area contributed by atoms with Crippen molar-refractivity contribution in [3.05, 3.63) is 0 Å².